The Hall–Kier alpha value is -1.94. The molecule has 0 aliphatic rings. The van der Waals surface area contributed by atoms with Gasteiger partial charge in [0.05, 0.1) is 12.9 Å². The number of ether oxygens (including phenoxy) is 2. The molecule has 0 saturated carbocycles. The molecule has 1 aromatic heterocycles. The molecule has 20 heavy (non-hydrogen) atoms. The van der Waals surface area contributed by atoms with Gasteiger partial charge in [-0.25, -0.2) is 0 Å². The van der Waals surface area contributed by atoms with Crippen LogP contribution in [0, 0.1) is 0 Å². The van der Waals surface area contributed by atoms with Crippen LogP contribution in [0.15, 0.2) is 47.1 Å². The molecule has 4 nitrogen and oxygen atoms in total. The van der Waals surface area contributed by atoms with Crippen LogP contribution in [0.3, 0.4) is 0 Å². The van der Waals surface area contributed by atoms with Gasteiger partial charge in [-0.2, -0.15) is 0 Å². The van der Waals surface area contributed by atoms with Gasteiger partial charge in [0, 0.05) is 19.5 Å². The van der Waals surface area contributed by atoms with Crippen molar-refractivity contribution < 1.29 is 13.9 Å². The summed E-state index contributed by atoms with van der Waals surface area (Å²) in [6.07, 6.45) is 2.59. The summed E-state index contributed by atoms with van der Waals surface area (Å²) in [6.45, 7) is 4.89. The zero-order valence-corrected chi connectivity index (χ0v) is 11.8. The standard InChI is InChI=1S/C16H21NO3/c1-2-18-15-7-3-4-8-16(15)20-13-11-17-10-9-14-6-5-12-19-14/h3-8,12,17H,2,9-11,13H2,1H3. The van der Waals surface area contributed by atoms with E-state index >= 15 is 0 Å². The minimum atomic E-state index is 0.613. The van der Waals surface area contributed by atoms with E-state index in [0.29, 0.717) is 13.2 Å². The second kappa shape index (κ2) is 8.27. The van der Waals surface area contributed by atoms with Crippen molar-refractivity contribution in [3.05, 3.63) is 48.4 Å². The highest BCUT2D eigenvalue weighted by Gasteiger charge is 2.02. The quantitative estimate of drug-likeness (QED) is 0.715. The lowest BCUT2D eigenvalue weighted by Gasteiger charge is -2.11. The van der Waals surface area contributed by atoms with Gasteiger partial charge in [-0.1, -0.05) is 12.1 Å². The first-order valence-corrected chi connectivity index (χ1v) is 6.98. The monoisotopic (exact) mass is 275 g/mol. The van der Waals surface area contributed by atoms with Crippen molar-refractivity contribution >= 4 is 0 Å². The fourth-order valence-corrected chi connectivity index (χ4v) is 1.87. The van der Waals surface area contributed by atoms with E-state index in [-0.39, 0.29) is 0 Å². The van der Waals surface area contributed by atoms with Crippen LogP contribution in [0.1, 0.15) is 12.7 Å². The second-order valence-corrected chi connectivity index (χ2v) is 4.31. The second-order valence-electron chi connectivity index (χ2n) is 4.31. The molecule has 2 rings (SSSR count). The van der Waals surface area contributed by atoms with Crippen molar-refractivity contribution in [2.24, 2.45) is 0 Å². The van der Waals surface area contributed by atoms with Gasteiger partial charge in [0.25, 0.3) is 0 Å². The molecule has 0 fully saturated rings. The van der Waals surface area contributed by atoms with Crippen LogP contribution in [-0.4, -0.2) is 26.3 Å². The average molecular weight is 275 g/mol. The molecule has 0 aliphatic carbocycles. The molecule has 0 bridgehead atoms. The normalized spacial score (nSPS) is 10.4. The molecule has 0 spiro atoms. The summed E-state index contributed by atoms with van der Waals surface area (Å²) >= 11 is 0. The Morgan fingerprint density at radius 3 is 2.50 bits per heavy atom. The van der Waals surface area contributed by atoms with Crippen molar-refractivity contribution in [3.8, 4) is 11.5 Å². The molecule has 0 saturated heterocycles. The molecule has 0 amide bonds. The zero-order valence-electron chi connectivity index (χ0n) is 11.8. The number of hydrogen-bond donors (Lipinski definition) is 1. The minimum Gasteiger partial charge on any atom is -0.490 e. The Balaban J connectivity index is 1.63. The van der Waals surface area contributed by atoms with Crippen molar-refractivity contribution in [3.63, 3.8) is 0 Å². The number of nitrogens with one attached hydrogen (secondary N) is 1. The third-order valence-electron chi connectivity index (χ3n) is 2.81. The van der Waals surface area contributed by atoms with E-state index < -0.39 is 0 Å². The van der Waals surface area contributed by atoms with Crippen molar-refractivity contribution in [2.75, 3.05) is 26.3 Å². The van der Waals surface area contributed by atoms with Crippen LogP contribution in [-0.2, 0) is 6.42 Å². The van der Waals surface area contributed by atoms with Crippen LogP contribution < -0.4 is 14.8 Å². The van der Waals surface area contributed by atoms with E-state index in [0.717, 1.165) is 36.8 Å². The van der Waals surface area contributed by atoms with Gasteiger partial charge < -0.3 is 19.2 Å². The summed E-state index contributed by atoms with van der Waals surface area (Å²) in [5, 5.41) is 3.32. The van der Waals surface area contributed by atoms with Gasteiger partial charge in [0.15, 0.2) is 11.5 Å². The zero-order chi connectivity index (χ0) is 14.0. The minimum absolute atomic E-state index is 0.613. The molecule has 4 heteroatoms. The molecule has 0 aliphatic heterocycles. The molecule has 1 N–H and O–H groups in total. The first-order valence-electron chi connectivity index (χ1n) is 6.98. The fourth-order valence-electron chi connectivity index (χ4n) is 1.87. The van der Waals surface area contributed by atoms with Crippen LogP contribution in [0.5, 0.6) is 11.5 Å². The highest BCUT2D eigenvalue weighted by molar-refractivity contribution is 5.39. The van der Waals surface area contributed by atoms with Gasteiger partial charge in [-0.3, -0.25) is 0 Å². The van der Waals surface area contributed by atoms with Crippen molar-refractivity contribution in [2.45, 2.75) is 13.3 Å². The number of rotatable bonds is 9. The maximum Gasteiger partial charge on any atom is 0.161 e. The number of benzene rings is 1. The van der Waals surface area contributed by atoms with E-state index in [9.17, 15) is 0 Å². The molecule has 2 aromatic rings. The third kappa shape index (κ3) is 4.63. The molecule has 0 radical (unpaired) electrons. The fraction of sp³-hybridized carbons (Fsp3) is 0.375. The summed E-state index contributed by atoms with van der Waals surface area (Å²) in [5.41, 5.74) is 0. The molecule has 1 heterocycles. The summed E-state index contributed by atoms with van der Waals surface area (Å²) in [7, 11) is 0. The Bertz CT molecular complexity index is 482. The van der Waals surface area contributed by atoms with Gasteiger partial charge in [-0.05, 0) is 31.2 Å². The number of hydrogen-bond acceptors (Lipinski definition) is 4. The SMILES string of the molecule is CCOc1ccccc1OCCNCCc1ccco1. The maximum absolute atomic E-state index is 5.72. The predicted molar refractivity (Wildman–Crippen MR) is 78.4 cm³/mol. The molecular weight excluding hydrogens is 254 g/mol. The first kappa shape index (κ1) is 14.5. The van der Waals surface area contributed by atoms with E-state index in [2.05, 4.69) is 5.32 Å². The van der Waals surface area contributed by atoms with Crippen LogP contribution in [0.2, 0.25) is 0 Å². The van der Waals surface area contributed by atoms with E-state index in [1.165, 1.54) is 0 Å². The van der Waals surface area contributed by atoms with Gasteiger partial charge in [-0.15, -0.1) is 0 Å². The molecular formula is C16H21NO3. The predicted octanol–water partition coefficient (Wildman–Crippen LogP) is 2.89. The van der Waals surface area contributed by atoms with Crippen LogP contribution >= 0.6 is 0 Å². The third-order valence-corrected chi connectivity index (χ3v) is 2.81. The lowest BCUT2D eigenvalue weighted by Crippen LogP contribution is -2.23. The molecule has 0 unspecified atom stereocenters. The largest absolute Gasteiger partial charge is 0.490 e. The summed E-state index contributed by atoms with van der Waals surface area (Å²) in [4.78, 5) is 0. The Morgan fingerprint density at radius 1 is 1.00 bits per heavy atom. The number of para-hydroxylation sites is 2. The van der Waals surface area contributed by atoms with Gasteiger partial charge >= 0.3 is 0 Å². The van der Waals surface area contributed by atoms with E-state index in [4.69, 9.17) is 13.9 Å². The Kier molecular flexibility index (Phi) is 5.99. The van der Waals surface area contributed by atoms with Crippen LogP contribution in [0.25, 0.3) is 0 Å². The van der Waals surface area contributed by atoms with Crippen molar-refractivity contribution in [1.82, 2.24) is 5.32 Å². The number of furan rings is 1. The lowest BCUT2D eigenvalue weighted by atomic mass is 10.3. The van der Waals surface area contributed by atoms with Crippen LogP contribution in [0.4, 0.5) is 0 Å². The smallest absolute Gasteiger partial charge is 0.161 e. The summed E-state index contributed by atoms with van der Waals surface area (Å²) in [6, 6.07) is 11.6. The Labute approximate surface area is 119 Å². The van der Waals surface area contributed by atoms with Crippen molar-refractivity contribution in [1.29, 1.82) is 0 Å². The maximum atomic E-state index is 5.72. The average Bonchev–Trinajstić information content (AvgIpc) is 2.98. The molecule has 108 valence electrons. The van der Waals surface area contributed by atoms with E-state index in [1.807, 2.05) is 43.3 Å². The first-order chi connectivity index (χ1) is 9.90. The highest BCUT2D eigenvalue weighted by atomic mass is 16.5. The Morgan fingerprint density at radius 2 is 1.80 bits per heavy atom. The summed E-state index contributed by atoms with van der Waals surface area (Å²) in [5.74, 6) is 2.59. The molecule has 1 aromatic carbocycles. The van der Waals surface area contributed by atoms with Gasteiger partial charge in [0.2, 0.25) is 0 Å². The lowest BCUT2D eigenvalue weighted by molar-refractivity contribution is 0.276. The topological polar surface area (TPSA) is 43.6 Å². The van der Waals surface area contributed by atoms with Gasteiger partial charge in [0.1, 0.15) is 12.4 Å². The summed E-state index contributed by atoms with van der Waals surface area (Å²) < 4.78 is 16.5. The van der Waals surface area contributed by atoms with E-state index in [1.54, 1.807) is 6.26 Å². The highest BCUT2D eigenvalue weighted by Crippen LogP contribution is 2.25. The molecule has 0 atom stereocenters.